The third kappa shape index (κ3) is 3.56. The summed E-state index contributed by atoms with van der Waals surface area (Å²) in [5.41, 5.74) is 0.988. The van der Waals surface area contributed by atoms with Crippen LogP contribution in [0, 0.1) is 0 Å². The van der Waals surface area contributed by atoms with Crippen molar-refractivity contribution in [1.29, 1.82) is 0 Å². The highest BCUT2D eigenvalue weighted by Crippen LogP contribution is 2.32. The van der Waals surface area contributed by atoms with Crippen molar-refractivity contribution >= 4 is 0 Å². The Balaban J connectivity index is 3.49. The van der Waals surface area contributed by atoms with E-state index in [-0.39, 0.29) is 5.41 Å². The van der Waals surface area contributed by atoms with E-state index in [0.29, 0.717) is 0 Å². The molecule has 0 radical (unpaired) electrons. The average molecular weight is 250 g/mol. The summed E-state index contributed by atoms with van der Waals surface area (Å²) in [7, 11) is 0. The van der Waals surface area contributed by atoms with E-state index in [9.17, 15) is 10.2 Å². The first-order valence-corrected chi connectivity index (χ1v) is 6.43. The lowest BCUT2D eigenvalue weighted by Crippen LogP contribution is -2.23. The molecule has 1 aromatic carbocycles. The Morgan fingerprint density at radius 2 is 0.889 bits per heavy atom. The zero-order valence-corrected chi connectivity index (χ0v) is 12.6. The maximum absolute atomic E-state index is 10.2. The SMILES string of the molecule is CC(C)(C)c1cc(C(C)(C)O)cc(C(C)(C)O)c1. The Morgan fingerprint density at radius 1 is 0.611 bits per heavy atom. The van der Waals surface area contributed by atoms with E-state index in [1.807, 2.05) is 18.2 Å². The molecule has 2 nitrogen and oxygen atoms in total. The van der Waals surface area contributed by atoms with Gasteiger partial charge >= 0.3 is 0 Å². The molecule has 0 bridgehead atoms. The van der Waals surface area contributed by atoms with E-state index in [0.717, 1.165) is 16.7 Å². The largest absolute Gasteiger partial charge is 0.386 e. The zero-order valence-electron chi connectivity index (χ0n) is 12.6. The fraction of sp³-hybridized carbons (Fsp3) is 0.625. The molecule has 18 heavy (non-hydrogen) atoms. The van der Waals surface area contributed by atoms with Crippen LogP contribution in [0.4, 0.5) is 0 Å². The molecular weight excluding hydrogens is 224 g/mol. The summed E-state index contributed by atoms with van der Waals surface area (Å²) in [6.45, 7) is 13.5. The van der Waals surface area contributed by atoms with Crippen LogP contribution in [-0.2, 0) is 16.6 Å². The summed E-state index contributed by atoms with van der Waals surface area (Å²) in [5, 5.41) is 20.4. The van der Waals surface area contributed by atoms with Crippen LogP contribution in [0.25, 0.3) is 0 Å². The highest BCUT2D eigenvalue weighted by Gasteiger charge is 2.25. The molecule has 0 aliphatic carbocycles. The molecule has 1 rings (SSSR count). The van der Waals surface area contributed by atoms with Crippen molar-refractivity contribution < 1.29 is 10.2 Å². The Bertz CT molecular complexity index is 347. The topological polar surface area (TPSA) is 40.5 Å². The van der Waals surface area contributed by atoms with Crippen molar-refractivity contribution in [3.05, 3.63) is 34.9 Å². The maximum atomic E-state index is 10.2. The molecule has 0 atom stereocenters. The highest BCUT2D eigenvalue weighted by molar-refractivity contribution is 5.38. The van der Waals surface area contributed by atoms with Gasteiger partial charge in [-0.3, -0.25) is 0 Å². The lowest BCUT2D eigenvalue weighted by molar-refractivity contribution is 0.0715. The Hall–Kier alpha value is -0.860. The maximum Gasteiger partial charge on any atom is 0.0840 e. The number of rotatable bonds is 2. The fourth-order valence-electron chi connectivity index (χ4n) is 1.77. The first-order valence-electron chi connectivity index (χ1n) is 6.43. The summed E-state index contributed by atoms with van der Waals surface area (Å²) in [6.07, 6.45) is 0. The summed E-state index contributed by atoms with van der Waals surface area (Å²) < 4.78 is 0. The molecule has 1 aromatic rings. The van der Waals surface area contributed by atoms with E-state index in [4.69, 9.17) is 0 Å². The minimum Gasteiger partial charge on any atom is -0.386 e. The smallest absolute Gasteiger partial charge is 0.0840 e. The molecule has 0 spiro atoms. The number of hydrogen-bond acceptors (Lipinski definition) is 2. The van der Waals surface area contributed by atoms with Crippen LogP contribution in [0.1, 0.15) is 65.2 Å². The molecular formula is C16H26O2. The molecule has 0 aliphatic heterocycles. The molecule has 2 heteroatoms. The van der Waals surface area contributed by atoms with Crippen molar-refractivity contribution in [2.75, 3.05) is 0 Å². The minimum atomic E-state index is -0.902. The van der Waals surface area contributed by atoms with Gasteiger partial charge in [0.1, 0.15) is 0 Å². The fourth-order valence-corrected chi connectivity index (χ4v) is 1.77. The lowest BCUT2D eigenvalue weighted by atomic mass is 9.80. The van der Waals surface area contributed by atoms with Crippen LogP contribution < -0.4 is 0 Å². The first kappa shape index (κ1) is 15.2. The Morgan fingerprint density at radius 3 is 1.11 bits per heavy atom. The van der Waals surface area contributed by atoms with Crippen LogP contribution in [-0.4, -0.2) is 10.2 Å². The van der Waals surface area contributed by atoms with Crippen LogP contribution in [0.2, 0.25) is 0 Å². The molecule has 0 saturated heterocycles. The van der Waals surface area contributed by atoms with E-state index in [2.05, 4.69) is 20.8 Å². The van der Waals surface area contributed by atoms with Gasteiger partial charge in [0, 0.05) is 0 Å². The summed E-state index contributed by atoms with van der Waals surface area (Å²) in [5.74, 6) is 0. The summed E-state index contributed by atoms with van der Waals surface area (Å²) in [4.78, 5) is 0. The van der Waals surface area contributed by atoms with Gasteiger partial charge in [0.2, 0.25) is 0 Å². The molecule has 0 saturated carbocycles. The molecule has 0 aliphatic rings. The van der Waals surface area contributed by atoms with Gasteiger partial charge in [-0.25, -0.2) is 0 Å². The second kappa shape index (κ2) is 4.36. The van der Waals surface area contributed by atoms with Crippen LogP contribution in [0.15, 0.2) is 18.2 Å². The van der Waals surface area contributed by atoms with Gasteiger partial charge in [-0.15, -0.1) is 0 Å². The minimum absolute atomic E-state index is 0.0126. The molecule has 0 amide bonds. The monoisotopic (exact) mass is 250 g/mol. The second-order valence-electron chi connectivity index (χ2n) is 7.17. The Kier molecular flexibility index (Phi) is 3.68. The predicted molar refractivity (Wildman–Crippen MR) is 75.6 cm³/mol. The standard InChI is InChI=1S/C16H26O2/c1-14(2,3)11-8-12(15(4,5)17)10-13(9-11)16(6,7)18/h8-10,17-18H,1-7H3. The predicted octanol–water partition coefficient (Wildman–Crippen LogP) is 3.44. The second-order valence-corrected chi connectivity index (χ2v) is 7.17. The van der Waals surface area contributed by atoms with Crippen molar-refractivity contribution in [3.63, 3.8) is 0 Å². The van der Waals surface area contributed by atoms with Crippen LogP contribution in [0.3, 0.4) is 0 Å². The highest BCUT2D eigenvalue weighted by atomic mass is 16.3. The number of hydrogen-bond donors (Lipinski definition) is 2. The van der Waals surface area contributed by atoms with Crippen molar-refractivity contribution in [2.24, 2.45) is 0 Å². The molecule has 2 N–H and O–H groups in total. The molecule has 0 fully saturated rings. The summed E-state index contributed by atoms with van der Waals surface area (Å²) in [6, 6.07) is 5.93. The Labute approximate surface area is 111 Å². The van der Waals surface area contributed by atoms with E-state index < -0.39 is 11.2 Å². The third-order valence-electron chi connectivity index (χ3n) is 3.21. The van der Waals surface area contributed by atoms with Gasteiger partial charge in [0.25, 0.3) is 0 Å². The molecule has 102 valence electrons. The van der Waals surface area contributed by atoms with E-state index >= 15 is 0 Å². The van der Waals surface area contributed by atoms with Crippen molar-refractivity contribution in [2.45, 2.75) is 65.1 Å². The summed E-state index contributed by atoms with van der Waals surface area (Å²) >= 11 is 0. The normalized spacial score (nSPS) is 13.8. The van der Waals surface area contributed by atoms with Gasteiger partial charge in [0.05, 0.1) is 11.2 Å². The van der Waals surface area contributed by atoms with Crippen LogP contribution >= 0.6 is 0 Å². The van der Waals surface area contributed by atoms with Crippen molar-refractivity contribution in [3.8, 4) is 0 Å². The van der Waals surface area contributed by atoms with Crippen molar-refractivity contribution in [1.82, 2.24) is 0 Å². The van der Waals surface area contributed by atoms with E-state index in [1.54, 1.807) is 27.7 Å². The molecule has 0 heterocycles. The number of benzene rings is 1. The van der Waals surface area contributed by atoms with Crippen LogP contribution in [0.5, 0.6) is 0 Å². The average Bonchev–Trinajstić information content (AvgIpc) is 2.13. The lowest BCUT2D eigenvalue weighted by Gasteiger charge is -2.28. The molecule has 0 aromatic heterocycles. The third-order valence-corrected chi connectivity index (χ3v) is 3.21. The number of aliphatic hydroxyl groups is 2. The first-order chi connectivity index (χ1) is 7.82. The van der Waals surface area contributed by atoms with Gasteiger partial charge in [-0.05, 0) is 49.8 Å². The van der Waals surface area contributed by atoms with E-state index in [1.165, 1.54) is 0 Å². The van der Waals surface area contributed by atoms with Gasteiger partial charge in [-0.1, -0.05) is 39.0 Å². The molecule has 0 unspecified atom stereocenters. The van der Waals surface area contributed by atoms with Gasteiger partial charge in [-0.2, -0.15) is 0 Å². The van der Waals surface area contributed by atoms with Gasteiger partial charge < -0.3 is 10.2 Å². The quantitative estimate of drug-likeness (QED) is 0.844. The van der Waals surface area contributed by atoms with Gasteiger partial charge in [0.15, 0.2) is 0 Å². The zero-order chi connectivity index (χ0) is 14.4.